The summed E-state index contributed by atoms with van der Waals surface area (Å²) in [5.41, 5.74) is 1.48. The van der Waals surface area contributed by atoms with E-state index in [-0.39, 0.29) is 11.4 Å². The van der Waals surface area contributed by atoms with Crippen molar-refractivity contribution < 1.29 is 13.3 Å². The van der Waals surface area contributed by atoms with Crippen LogP contribution >= 0.6 is 0 Å². The monoisotopic (exact) mass is 401 g/mol. The lowest BCUT2D eigenvalue weighted by atomic mass is 10.2. The van der Waals surface area contributed by atoms with Crippen molar-refractivity contribution in [3.63, 3.8) is 0 Å². The number of benzene rings is 2. The quantitative estimate of drug-likeness (QED) is 0.526. The molecule has 0 radical (unpaired) electrons. The Labute approximate surface area is 165 Å². The predicted molar refractivity (Wildman–Crippen MR) is 109 cm³/mol. The van der Waals surface area contributed by atoms with Crippen LogP contribution in [0.5, 0.6) is 0 Å². The molecule has 2 aromatic carbocycles. The van der Waals surface area contributed by atoms with Crippen LogP contribution in [0.25, 0.3) is 6.08 Å². The summed E-state index contributed by atoms with van der Waals surface area (Å²) >= 11 is 0. The molecule has 1 aliphatic heterocycles. The third kappa shape index (κ3) is 5.48. The van der Waals surface area contributed by atoms with Crippen LogP contribution in [0.3, 0.4) is 0 Å². The van der Waals surface area contributed by atoms with E-state index in [1.807, 2.05) is 30.3 Å². The predicted octanol–water partition coefficient (Wildman–Crippen LogP) is 2.76. The van der Waals surface area contributed by atoms with Crippen LogP contribution in [0.15, 0.2) is 60.7 Å². The van der Waals surface area contributed by atoms with Crippen molar-refractivity contribution in [2.75, 3.05) is 32.7 Å². The molecule has 0 spiro atoms. The van der Waals surface area contributed by atoms with Gasteiger partial charge in [-0.3, -0.25) is 15.0 Å². The lowest BCUT2D eigenvalue weighted by Gasteiger charge is -2.33. The Morgan fingerprint density at radius 1 is 1.00 bits per heavy atom. The molecule has 0 atom stereocenters. The minimum absolute atomic E-state index is 0.0947. The maximum atomic E-state index is 12.7. The largest absolute Gasteiger partial charge is 0.297 e. The van der Waals surface area contributed by atoms with Crippen LogP contribution in [-0.2, 0) is 15.8 Å². The molecule has 1 fully saturated rings. The van der Waals surface area contributed by atoms with Crippen molar-refractivity contribution in [1.82, 2.24) is 9.21 Å². The van der Waals surface area contributed by atoms with E-state index in [2.05, 4.69) is 17.1 Å². The molecule has 148 valence electrons. The van der Waals surface area contributed by atoms with E-state index in [0.29, 0.717) is 31.7 Å². The van der Waals surface area contributed by atoms with E-state index >= 15 is 0 Å². The van der Waals surface area contributed by atoms with Gasteiger partial charge in [0.05, 0.1) is 10.7 Å². The number of sulfonamides is 1. The molecule has 0 N–H and O–H groups in total. The second-order valence-corrected chi connectivity index (χ2v) is 8.66. The zero-order chi connectivity index (χ0) is 20.0. The Morgan fingerprint density at radius 3 is 2.39 bits per heavy atom. The topological polar surface area (TPSA) is 83.8 Å². The highest BCUT2D eigenvalue weighted by molar-refractivity contribution is 7.88. The van der Waals surface area contributed by atoms with E-state index < -0.39 is 14.9 Å². The molecular weight excluding hydrogens is 378 g/mol. The number of hydrogen-bond acceptors (Lipinski definition) is 5. The van der Waals surface area contributed by atoms with Crippen molar-refractivity contribution in [2.24, 2.45) is 0 Å². The van der Waals surface area contributed by atoms with Gasteiger partial charge in [0, 0.05) is 44.9 Å². The van der Waals surface area contributed by atoms with Gasteiger partial charge in [0.25, 0.3) is 5.69 Å². The Balaban J connectivity index is 1.53. The minimum atomic E-state index is -3.50. The Bertz CT molecular complexity index is 937. The first-order valence-corrected chi connectivity index (χ1v) is 10.7. The van der Waals surface area contributed by atoms with Crippen LogP contribution in [-0.4, -0.2) is 55.3 Å². The van der Waals surface area contributed by atoms with E-state index in [4.69, 9.17) is 0 Å². The van der Waals surface area contributed by atoms with Crippen LogP contribution in [0.4, 0.5) is 5.69 Å². The van der Waals surface area contributed by atoms with Gasteiger partial charge in [0.15, 0.2) is 0 Å². The highest BCUT2D eigenvalue weighted by Crippen LogP contribution is 2.18. The van der Waals surface area contributed by atoms with Crippen molar-refractivity contribution in [1.29, 1.82) is 0 Å². The molecule has 0 aromatic heterocycles. The maximum absolute atomic E-state index is 12.7. The summed E-state index contributed by atoms with van der Waals surface area (Å²) in [6.07, 6.45) is 4.15. The van der Waals surface area contributed by atoms with Crippen LogP contribution < -0.4 is 0 Å². The van der Waals surface area contributed by atoms with Crippen molar-refractivity contribution in [2.45, 2.75) is 5.75 Å². The SMILES string of the molecule is O=[N+]([O-])c1cccc(CS(=O)(=O)N2CCN(C/C=C/c3ccccc3)CC2)c1. The summed E-state index contributed by atoms with van der Waals surface area (Å²) < 4.78 is 26.8. The molecular formula is C20H23N3O4S. The molecule has 1 heterocycles. The fourth-order valence-corrected chi connectivity index (χ4v) is 4.66. The summed E-state index contributed by atoms with van der Waals surface area (Å²) in [6, 6.07) is 15.8. The Morgan fingerprint density at radius 2 is 1.71 bits per heavy atom. The normalized spacial score (nSPS) is 16.4. The molecule has 0 aliphatic carbocycles. The van der Waals surface area contributed by atoms with Gasteiger partial charge in [-0.2, -0.15) is 4.31 Å². The number of non-ortho nitro benzene ring substituents is 1. The number of nitrogens with zero attached hydrogens (tertiary/aromatic N) is 3. The molecule has 7 nitrogen and oxygen atoms in total. The van der Waals surface area contributed by atoms with Gasteiger partial charge in [0.2, 0.25) is 10.0 Å². The van der Waals surface area contributed by atoms with Gasteiger partial charge in [-0.1, -0.05) is 54.6 Å². The third-order valence-electron chi connectivity index (χ3n) is 4.67. The highest BCUT2D eigenvalue weighted by Gasteiger charge is 2.27. The standard InChI is InChI=1S/C20H23N3O4S/c24-23(25)20-10-4-8-19(16-20)17-28(26,27)22-14-12-21(13-15-22)11-5-9-18-6-2-1-3-7-18/h1-10,16H,11-15,17H2/b9-5+. The van der Waals surface area contributed by atoms with Crippen molar-refractivity contribution in [3.8, 4) is 0 Å². The summed E-state index contributed by atoms with van der Waals surface area (Å²) in [7, 11) is -3.50. The number of hydrogen-bond donors (Lipinski definition) is 0. The van der Waals surface area contributed by atoms with Crippen molar-refractivity contribution in [3.05, 3.63) is 81.9 Å². The van der Waals surface area contributed by atoms with Gasteiger partial charge in [0.1, 0.15) is 0 Å². The number of nitro groups is 1. The average molecular weight is 401 g/mol. The smallest absolute Gasteiger partial charge is 0.269 e. The molecule has 0 amide bonds. The Hall–Kier alpha value is -2.55. The first kappa shape index (κ1) is 20.2. The Kier molecular flexibility index (Phi) is 6.56. The molecule has 8 heteroatoms. The lowest BCUT2D eigenvalue weighted by molar-refractivity contribution is -0.384. The lowest BCUT2D eigenvalue weighted by Crippen LogP contribution is -2.48. The van der Waals surface area contributed by atoms with Crippen LogP contribution in [0.1, 0.15) is 11.1 Å². The summed E-state index contributed by atoms with van der Waals surface area (Å²) in [4.78, 5) is 12.6. The molecule has 0 unspecified atom stereocenters. The summed E-state index contributed by atoms with van der Waals surface area (Å²) in [5, 5.41) is 10.9. The first-order chi connectivity index (χ1) is 13.4. The van der Waals surface area contributed by atoms with Gasteiger partial charge in [-0.05, 0) is 11.1 Å². The molecule has 2 aromatic rings. The minimum Gasteiger partial charge on any atom is -0.297 e. The van der Waals surface area contributed by atoms with Gasteiger partial charge in [-0.25, -0.2) is 8.42 Å². The summed E-state index contributed by atoms with van der Waals surface area (Å²) in [5.74, 6) is -0.220. The molecule has 0 saturated carbocycles. The fourth-order valence-electron chi connectivity index (χ4n) is 3.15. The van der Waals surface area contributed by atoms with E-state index in [1.165, 1.54) is 22.5 Å². The molecule has 0 bridgehead atoms. The zero-order valence-electron chi connectivity index (χ0n) is 15.5. The van der Waals surface area contributed by atoms with Crippen LogP contribution in [0, 0.1) is 10.1 Å². The van der Waals surface area contributed by atoms with E-state index in [0.717, 1.165) is 12.1 Å². The average Bonchev–Trinajstić information content (AvgIpc) is 2.69. The second kappa shape index (κ2) is 9.09. The van der Waals surface area contributed by atoms with Crippen molar-refractivity contribution >= 4 is 21.8 Å². The fraction of sp³-hybridized carbons (Fsp3) is 0.300. The molecule has 1 aliphatic rings. The van der Waals surface area contributed by atoms with E-state index in [9.17, 15) is 18.5 Å². The van der Waals surface area contributed by atoms with E-state index in [1.54, 1.807) is 6.07 Å². The molecule has 1 saturated heterocycles. The number of nitro benzene ring substituents is 1. The van der Waals surface area contributed by atoms with Gasteiger partial charge >= 0.3 is 0 Å². The third-order valence-corrected chi connectivity index (χ3v) is 6.52. The zero-order valence-corrected chi connectivity index (χ0v) is 16.3. The molecule has 28 heavy (non-hydrogen) atoms. The number of rotatable bonds is 7. The number of piperazine rings is 1. The van der Waals surface area contributed by atoms with Gasteiger partial charge < -0.3 is 0 Å². The first-order valence-electron chi connectivity index (χ1n) is 9.09. The van der Waals surface area contributed by atoms with Crippen LogP contribution in [0.2, 0.25) is 0 Å². The summed E-state index contributed by atoms with van der Waals surface area (Å²) in [6.45, 7) is 2.95. The van der Waals surface area contributed by atoms with Gasteiger partial charge in [-0.15, -0.1) is 0 Å². The highest BCUT2D eigenvalue weighted by atomic mass is 32.2. The molecule has 3 rings (SSSR count). The maximum Gasteiger partial charge on any atom is 0.269 e. The second-order valence-electron chi connectivity index (χ2n) is 6.70.